The Morgan fingerprint density at radius 3 is 2.88 bits per heavy atom. The Balaban J connectivity index is 1.68. The maximum atomic E-state index is 12.7. The van der Waals surface area contributed by atoms with Gasteiger partial charge in [-0.25, -0.2) is 4.79 Å². The van der Waals surface area contributed by atoms with E-state index in [1.54, 1.807) is 17.8 Å². The van der Waals surface area contributed by atoms with Crippen LogP contribution in [0.5, 0.6) is 0 Å². The Bertz CT molecular complexity index is 877. The zero-order chi connectivity index (χ0) is 16.8. The second-order valence-electron chi connectivity index (χ2n) is 6.46. The molecule has 2 atom stereocenters. The summed E-state index contributed by atoms with van der Waals surface area (Å²) < 4.78 is 11.4. The number of hydrogen-bond acceptors (Lipinski definition) is 5. The van der Waals surface area contributed by atoms with Gasteiger partial charge in [0.05, 0.1) is 10.5 Å². The molecule has 1 fully saturated rings. The summed E-state index contributed by atoms with van der Waals surface area (Å²) in [4.78, 5) is 25.7. The van der Waals surface area contributed by atoms with Gasteiger partial charge in [0.2, 0.25) is 0 Å². The predicted octanol–water partition coefficient (Wildman–Crippen LogP) is 4.50. The largest absolute Gasteiger partial charge is 0.460 e. The highest BCUT2D eigenvalue weighted by atomic mass is 32.2. The van der Waals surface area contributed by atoms with Gasteiger partial charge in [-0.3, -0.25) is 4.79 Å². The first-order valence-electron chi connectivity index (χ1n) is 8.11. The van der Waals surface area contributed by atoms with Crippen molar-refractivity contribution >= 4 is 34.5 Å². The second kappa shape index (κ2) is 5.81. The fourth-order valence-electron chi connectivity index (χ4n) is 3.71. The maximum Gasteiger partial charge on any atom is 0.343 e. The third kappa shape index (κ3) is 2.47. The molecule has 0 radical (unpaired) electrons. The van der Waals surface area contributed by atoms with E-state index in [9.17, 15) is 9.59 Å². The van der Waals surface area contributed by atoms with Crippen molar-refractivity contribution in [2.45, 2.75) is 31.1 Å². The lowest BCUT2D eigenvalue weighted by atomic mass is 9.93. The van der Waals surface area contributed by atoms with Gasteiger partial charge < -0.3 is 9.15 Å². The van der Waals surface area contributed by atoms with Crippen molar-refractivity contribution < 1.29 is 18.7 Å². The van der Waals surface area contributed by atoms with Crippen LogP contribution in [-0.4, -0.2) is 18.0 Å². The molecule has 2 aliphatic carbocycles. The number of benzene rings is 1. The number of rotatable bonds is 3. The van der Waals surface area contributed by atoms with Crippen LogP contribution >= 0.6 is 11.8 Å². The van der Waals surface area contributed by atoms with Gasteiger partial charge in [0.25, 0.3) is 0 Å². The topological polar surface area (TPSA) is 56.5 Å². The van der Waals surface area contributed by atoms with Gasteiger partial charge in [-0.1, -0.05) is 0 Å². The van der Waals surface area contributed by atoms with E-state index in [4.69, 9.17) is 9.15 Å². The number of furan rings is 1. The molecule has 5 heteroatoms. The molecule has 0 saturated heterocycles. The Kier molecular flexibility index (Phi) is 3.76. The molecule has 2 aromatic rings. The monoisotopic (exact) mass is 342 g/mol. The SMILES string of the molecule is CSc1ccc(C(=O)OC2=CC(=O)C3CCC2C3)c2cc(C)oc12. The van der Waals surface area contributed by atoms with Crippen molar-refractivity contribution in [2.75, 3.05) is 6.26 Å². The first kappa shape index (κ1) is 15.5. The summed E-state index contributed by atoms with van der Waals surface area (Å²) in [6, 6.07) is 5.50. The van der Waals surface area contributed by atoms with Crippen LogP contribution < -0.4 is 0 Å². The van der Waals surface area contributed by atoms with Crippen molar-refractivity contribution in [3.63, 3.8) is 0 Å². The number of esters is 1. The number of fused-ring (bicyclic) bond motifs is 3. The van der Waals surface area contributed by atoms with E-state index in [2.05, 4.69) is 0 Å². The predicted molar refractivity (Wildman–Crippen MR) is 92.1 cm³/mol. The molecule has 1 saturated carbocycles. The average molecular weight is 342 g/mol. The number of allylic oxidation sites excluding steroid dienone is 2. The Morgan fingerprint density at radius 1 is 1.29 bits per heavy atom. The molecule has 4 rings (SSSR count). The van der Waals surface area contributed by atoms with Gasteiger partial charge in [-0.05, 0) is 50.6 Å². The van der Waals surface area contributed by atoms with Gasteiger partial charge in [0.1, 0.15) is 17.1 Å². The van der Waals surface area contributed by atoms with Gasteiger partial charge in [-0.2, -0.15) is 0 Å². The Morgan fingerprint density at radius 2 is 2.08 bits per heavy atom. The number of ketones is 1. The van der Waals surface area contributed by atoms with Gasteiger partial charge in [-0.15, -0.1) is 11.8 Å². The number of ether oxygens (including phenoxy) is 1. The molecule has 1 heterocycles. The molecule has 0 amide bonds. The average Bonchev–Trinajstić information content (AvgIpc) is 3.15. The van der Waals surface area contributed by atoms with E-state index in [-0.39, 0.29) is 17.6 Å². The normalized spacial score (nSPS) is 22.8. The number of carbonyl (C=O) groups is 2. The first-order chi connectivity index (χ1) is 11.6. The van der Waals surface area contributed by atoms with Gasteiger partial charge in [0, 0.05) is 23.3 Å². The minimum absolute atomic E-state index is 0.0913. The maximum absolute atomic E-state index is 12.7. The van der Waals surface area contributed by atoms with E-state index in [1.807, 2.05) is 25.3 Å². The molecule has 0 spiro atoms. The second-order valence-corrected chi connectivity index (χ2v) is 7.31. The minimum atomic E-state index is -0.419. The third-order valence-corrected chi connectivity index (χ3v) is 5.70. The number of aryl methyl sites for hydroxylation is 1. The number of carbonyl (C=O) groups excluding carboxylic acids is 2. The Labute approximate surface area is 144 Å². The van der Waals surface area contributed by atoms with Crippen LogP contribution in [0, 0.1) is 18.8 Å². The zero-order valence-electron chi connectivity index (χ0n) is 13.6. The zero-order valence-corrected chi connectivity index (χ0v) is 14.4. The van der Waals surface area contributed by atoms with Crippen molar-refractivity contribution in [2.24, 2.45) is 11.8 Å². The standard InChI is InChI=1S/C19H18O4S/c1-10-7-14-13(5-6-17(24-2)18(14)22-10)19(21)23-16-9-15(20)11-3-4-12(16)8-11/h5-7,9,11-12H,3-4,8H2,1-2H3. The molecule has 0 aliphatic heterocycles. The summed E-state index contributed by atoms with van der Waals surface area (Å²) >= 11 is 1.58. The molecule has 4 nitrogen and oxygen atoms in total. The fourth-order valence-corrected chi connectivity index (χ4v) is 4.25. The smallest absolute Gasteiger partial charge is 0.343 e. The number of thioether (sulfide) groups is 1. The third-order valence-electron chi connectivity index (χ3n) is 4.94. The van der Waals surface area contributed by atoms with E-state index < -0.39 is 5.97 Å². The van der Waals surface area contributed by atoms with Crippen LogP contribution in [-0.2, 0) is 9.53 Å². The van der Waals surface area contributed by atoms with Crippen molar-refractivity contribution in [1.82, 2.24) is 0 Å². The molecule has 124 valence electrons. The highest BCUT2D eigenvalue weighted by molar-refractivity contribution is 7.98. The van der Waals surface area contributed by atoms with Gasteiger partial charge in [0.15, 0.2) is 5.78 Å². The molecule has 1 aromatic heterocycles. The van der Waals surface area contributed by atoms with Crippen LogP contribution in [0.1, 0.15) is 35.4 Å². The van der Waals surface area contributed by atoms with Crippen LogP contribution in [0.15, 0.2) is 39.3 Å². The molecule has 2 unspecified atom stereocenters. The summed E-state index contributed by atoms with van der Waals surface area (Å²) in [6.07, 6.45) is 6.12. The minimum Gasteiger partial charge on any atom is -0.460 e. The molecule has 2 aliphatic rings. The molecule has 24 heavy (non-hydrogen) atoms. The van der Waals surface area contributed by atoms with Crippen LogP contribution in [0.3, 0.4) is 0 Å². The molecule has 0 N–H and O–H groups in total. The molecule has 2 bridgehead atoms. The van der Waals surface area contributed by atoms with E-state index in [0.29, 0.717) is 16.9 Å². The van der Waals surface area contributed by atoms with Crippen molar-refractivity contribution in [3.05, 3.63) is 41.4 Å². The lowest BCUT2D eigenvalue weighted by Crippen LogP contribution is -2.19. The van der Waals surface area contributed by atoms with E-state index >= 15 is 0 Å². The number of hydrogen-bond donors (Lipinski definition) is 0. The van der Waals surface area contributed by atoms with E-state index in [0.717, 1.165) is 35.3 Å². The van der Waals surface area contributed by atoms with Gasteiger partial charge >= 0.3 is 5.97 Å². The summed E-state index contributed by atoms with van der Waals surface area (Å²) in [5, 5.41) is 0.761. The van der Waals surface area contributed by atoms with Crippen molar-refractivity contribution in [1.29, 1.82) is 0 Å². The lowest BCUT2D eigenvalue weighted by Gasteiger charge is -2.19. The highest BCUT2D eigenvalue weighted by Gasteiger charge is 2.37. The van der Waals surface area contributed by atoms with Crippen LogP contribution in [0.25, 0.3) is 11.0 Å². The fraction of sp³-hybridized carbons (Fsp3) is 0.368. The molecule has 1 aromatic carbocycles. The summed E-state index contributed by atoms with van der Waals surface area (Å²) in [5.74, 6) is 1.28. The van der Waals surface area contributed by atoms with Crippen LogP contribution in [0.4, 0.5) is 0 Å². The summed E-state index contributed by atoms with van der Waals surface area (Å²) in [6.45, 7) is 1.86. The quantitative estimate of drug-likeness (QED) is 0.607. The summed E-state index contributed by atoms with van der Waals surface area (Å²) in [7, 11) is 0. The van der Waals surface area contributed by atoms with Crippen LogP contribution in [0.2, 0.25) is 0 Å². The highest BCUT2D eigenvalue weighted by Crippen LogP contribution is 2.41. The first-order valence-corrected chi connectivity index (χ1v) is 9.34. The molecular weight excluding hydrogens is 324 g/mol. The lowest BCUT2D eigenvalue weighted by molar-refractivity contribution is -0.118. The van der Waals surface area contributed by atoms with Crippen molar-refractivity contribution in [3.8, 4) is 0 Å². The summed E-state index contributed by atoms with van der Waals surface area (Å²) in [5.41, 5.74) is 1.19. The Hall–Kier alpha value is -2.01. The molecular formula is C19H18O4S. The van der Waals surface area contributed by atoms with E-state index in [1.165, 1.54) is 6.08 Å².